The Bertz CT molecular complexity index is 284. The van der Waals surface area contributed by atoms with E-state index < -0.39 is 8.32 Å². The van der Waals surface area contributed by atoms with Gasteiger partial charge in [-0.15, -0.1) is 0 Å². The molecule has 0 saturated heterocycles. The molecule has 0 heterocycles. The largest absolute Gasteiger partial charge is 0.413 e. The van der Waals surface area contributed by atoms with Crippen molar-refractivity contribution in [3.63, 3.8) is 0 Å². The van der Waals surface area contributed by atoms with Gasteiger partial charge in [0, 0.05) is 6.42 Å². The zero-order chi connectivity index (χ0) is 11.7. The summed E-state index contributed by atoms with van der Waals surface area (Å²) in [5.41, 5.74) is 1.17. The molecular formula is C12H22O2Si. The average Bonchev–Trinajstić information content (AvgIpc) is 2.46. The lowest BCUT2D eigenvalue weighted by atomic mass is 10.2. The number of rotatable bonds is 3. The fraction of sp³-hybridized carbons (Fsp3) is 0.750. The van der Waals surface area contributed by atoms with E-state index in [0.29, 0.717) is 13.0 Å². The minimum atomic E-state index is -1.65. The fourth-order valence-electron chi connectivity index (χ4n) is 1.26. The monoisotopic (exact) mass is 226 g/mol. The van der Waals surface area contributed by atoms with E-state index in [0.717, 1.165) is 6.42 Å². The fourth-order valence-corrected chi connectivity index (χ4v) is 2.24. The van der Waals surface area contributed by atoms with Gasteiger partial charge in [0.15, 0.2) is 14.1 Å². The molecule has 0 N–H and O–H groups in total. The molecule has 0 atom stereocenters. The summed E-state index contributed by atoms with van der Waals surface area (Å²) in [5.74, 6) is 0.254. The van der Waals surface area contributed by atoms with Gasteiger partial charge in [0.2, 0.25) is 0 Å². The van der Waals surface area contributed by atoms with Crippen LogP contribution in [0.5, 0.6) is 0 Å². The molecule has 0 aromatic heterocycles. The first-order valence-electron chi connectivity index (χ1n) is 5.58. The first kappa shape index (κ1) is 12.7. The quantitative estimate of drug-likeness (QED) is 0.690. The van der Waals surface area contributed by atoms with Crippen LogP contribution >= 0.6 is 0 Å². The normalized spacial score (nSPS) is 18.2. The van der Waals surface area contributed by atoms with Gasteiger partial charge in [0.05, 0.1) is 6.61 Å². The highest BCUT2D eigenvalue weighted by Crippen LogP contribution is 2.37. The second-order valence-electron chi connectivity index (χ2n) is 5.82. The molecule has 1 rings (SSSR count). The summed E-state index contributed by atoms with van der Waals surface area (Å²) in [6.45, 7) is 11.8. The van der Waals surface area contributed by atoms with Crippen LogP contribution in [-0.4, -0.2) is 20.7 Å². The summed E-state index contributed by atoms with van der Waals surface area (Å²) in [5, 5.41) is 0.246. The number of ketones is 1. The minimum Gasteiger partial charge on any atom is -0.413 e. The van der Waals surface area contributed by atoms with E-state index in [4.69, 9.17) is 4.43 Å². The summed E-state index contributed by atoms with van der Waals surface area (Å²) < 4.78 is 6.04. The van der Waals surface area contributed by atoms with E-state index in [1.165, 1.54) is 5.57 Å². The van der Waals surface area contributed by atoms with Gasteiger partial charge in [-0.2, -0.15) is 0 Å². The van der Waals surface area contributed by atoms with Gasteiger partial charge < -0.3 is 4.43 Å². The highest BCUT2D eigenvalue weighted by molar-refractivity contribution is 6.74. The van der Waals surface area contributed by atoms with Crippen LogP contribution in [0.15, 0.2) is 11.6 Å². The van der Waals surface area contributed by atoms with Crippen molar-refractivity contribution in [3.05, 3.63) is 11.6 Å². The lowest BCUT2D eigenvalue weighted by Gasteiger charge is -2.36. The Morgan fingerprint density at radius 1 is 1.33 bits per heavy atom. The predicted octanol–water partition coefficient (Wildman–Crippen LogP) is 3.30. The highest BCUT2D eigenvalue weighted by atomic mass is 28.4. The molecule has 15 heavy (non-hydrogen) atoms. The summed E-state index contributed by atoms with van der Waals surface area (Å²) in [7, 11) is -1.65. The van der Waals surface area contributed by atoms with E-state index in [2.05, 4.69) is 33.9 Å². The molecule has 0 fully saturated rings. The SMILES string of the molecule is CC(C)(C)[Si](C)(C)OCC1=CC(=O)CC1. The Kier molecular flexibility index (Phi) is 3.56. The topological polar surface area (TPSA) is 26.3 Å². The summed E-state index contributed by atoms with van der Waals surface area (Å²) in [6, 6.07) is 0. The molecule has 2 nitrogen and oxygen atoms in total. The first-order chi connectivity index (χ1) is 6.72. The van der Waals surface area contributed by atoms with Gasteiger partial charge >= 0.3 is 0 Å². The summed E-state index contributed by atoms with van der Waals surface area (Å²) in [4.78, 5) is 11.1. The van der Waals surface area contributed by atoms with E-state index >= 15 is 0 Å². The predicted molar refractivity (Wildman–Crippen MR) is 65.5 cm³/mol. The molecule has 3 heteroatoms. The molecule has 0 aliphatic heterocycles. The molecule has 1 aliphatic carbocycles. The van der Waals surface area contributed by atoms with Crippen LogP contribution < -0.4 is 0 Å². The van der Waals surface area contributed by atoms with Crippen molar-refractivity contribution in [3.8, 4) is 0 Å². The third kappa shape index (κ3) is 3.28. The molecule has 0 spiro atoms. The average molecular weight is 226 g/mol. The minimum absolute atomic E-state index is 0.246. The molecule has 0 aromatic rings. The molecule has 86 valence electrons. The van der Waals surface area contributed by atoms with Crippen molar-refractivity contribution in [2.45, 2.75) is 51.7 Å². The molecule has 0 amide bonds. The van der Waals surface area contributed by atoms with Crippen molar-refractivity contribution >= 4 is 14.1 Å². The highest BCUT2D eigenvalue weighted by Gasteiger charge is 2.37. The Labute approximate surface area is 93.8 Å². The van der Waals surface area contributed by atoms with Crippen molar-refractivity contribution in [2.75, 3.05) is 6.61 Å². The number of carbonyl (C=O) groups is 1. The third-order valence-electron chi connectivity index (χ3n) is 3.48. The Hall–Kier alpha value is -0.413. The van der Waals surface area contributed by atoms with Gasteiger partial charge in [0.25, 0.3) is 0 Å². The zero-order valence-electron chi connectivity index (χ0n) is 10.5. The Morgan fingerprint density at radius 3 is 2.33 bits per heavy atom. The molecule has 0 saturated carbocycles. The van der Waals surface area contributed by atoms with E-state index in [1.54, 1.807) is 6.08 Å². The Morgan fingerprint density at radius 2 is 1.93 bits per heavy atom. The second kappa shape index (κ2) is 4.22. The number of hydrogen-bond donors (Lipinski definition) is 0. The third-order valence-corrected chi connectivity index (χ3v) is 7.96. The second-order valence-corrected chi connectivity index (χ2v) is 10.6. The molecule has 0 bridgehead atoms. The maximum Gasteiger partial charge on any atom is 0.192 e. The smallest absolute Gasteiger partial charge is 0.192 e. The van der Waals surface area contributed by atoms with Crippen molar-refractivity contribution in [1.29, 1.82) is 0 Å². The standard InChI is InChI=1S/C12H22O2Si/c1-12(2,3)15(4,5)14-9-10-6-7-11(13)8-10/h8H,6-7,9H2,1-5H3. The lowest BCUT2D eigenvalue weighted by Crippen LogP contribution is -2.41. The lowest BCUT2D eigenvalue weighted by molar-refractivity contribution is -0.114. The van der Waals surface area contributed by atoms with Gasteiger partial charge in [-0.1, -0.05) is 20.8 Å². The summed E-state index contributed by atoms with van der Waals surface area (Å²) in [6.07, 6.45) is 3.33. The van der Waals surface area contributed by atoms with Gasteiger partial charge in [0.1, 0.15) is 0 Å². The van der Waals surface area contributed by atoms with Crippen LogP contribution in [0.25, 0.3) is 0 Å². The van der Waals surface area contributed by atoms with Crippen molar-refractivity contribution < 1.29 is 9.22 Å². The van der Waals surface area contributed by atoms with Gasteiger partial charge in [-0.05, 0) is 36.2 Å². The maximum absolute atomic E-state index is 11.1. The van der Waals surface area contributed by atoms with Crippen molar-refractivity contribution in [1.82, 2.24) is 0 Å². The Balaban J connectivity index is 2.50. The van der Waals surface area contributed by atoms with Crippen LogP contribution in [0, 0.1) is 0 Å². The number of hydrogen-bond acceptors (Lipinski definition) is 2. The van der Waals surface area contributed by atoms with E-state index in [1.807, 2.05) is 0 Å². The number of carbonyl (C=O) groups excluding carboxylic acids is 1. The maximum atomic E-state index is 11.1. The summed E-state index contributed by atoms with van der Waals surface area (Å²) >= 11 is 0. The molecule has 1 aliphatic rings. The van der Waals surface area contributed by atoms with Crippen LogP contribution in [0.4, 0.5) is 0 Å². The molecule has 0 radical (unpaired) electrons. The van der Waals surface area contributed by atoms with Crippen molar-refractivity contribution in [2.24, 2.45) is 0 Å². The first-order valence-corrected chi connectivity index (χ1v) is 8.49. The van der Waals surface area contributed by atoms with Gasteiger partial charge in [-0.3, -0.25) is 4.79 Å². The van der Waals surface area contributed by atoms with Crippen LogP contribution in [0.1, 0.15) is 33.6 Å². The van der Waals surface area contributed by atoms with Crippen LogP contribution in [-0.2, 0) is 9.22 Å². The number of allylic oxidation sites excluding steroid dienone is 1. The molecular weight excluding hydrogens is 204 g/mol. The van der Waals surface area contributed by atoms with Gasteiger partial charge in [-0.25, -0.2) is 0 Å². The van der Waals surface area contributed by atoms with Crippen LogP contribution in [0.2, 0.25) is 18.1 Å². The molecule has 0 unspecified atom stereocenters. The van der Waals surface area contributed by atoms with Crippen LogP contribution in [0.3, 0.4) is 0 Å². The van der Waals surface area contributed by atoms with E-state index in [9.17, 15) is 4.79 Å². The molecule has 0 aromatic carbocycles. The zero-order valence-corrected chi connectivity index (χ0v) is 11.5. The van der Waals surface area contributed by atoms with E-state index in [-0.39, 0.29) is 10.8 Å².